The fraction of sp³-hybridized carbons (Fsp3) is 0.867. The number of hydrogen-bond donors (Lipinski definition) is 3. The Morgan fingerprint density at radius 1 is 1.15 bits per heavy atom. The van der Waals surface area contributed by atoms with Gasteiger partial charge in [0, 0.05) is 6.54 Å². The average molecular weight is 284 g/mol. The van der Waals surface area contributed by atoms with Crippen molar-refractivity contribution >= 4 is 12.0 Å². The molecule has 0 bridgehead atoms. The number of carbonyl (C=O) groups is 2. The molecule has 1 aliphatic carbocycles. The van der Waals surface area contributed by atoms with Crippen LogP contribution in [0.25, 0.3) is 0 Å². The van der Waals surface area contributed by atoms with Crippen LogP contribution >= 0.6 is 0 Å². The third-order valence-corrected chi connectivity index (χ3v) is 3.84. The number of hydrogen-bond acceptors (Lipinski definition) is 2. The van der Waals surface area contributed by atoms with Crippen molar-refractivity contribution in [2.75, 3.05) is 6.54 Å². The highest BCUT2D eigenvalue weighted by Crippen LogP contribution is 2.31. The van der Waals surface area contributed by atoms with Gasteiger partial charge in [-0.2, -0.15) is 0 Å². The van der Waals surface area contributed by atoms with Gasteiger partial charge < -0.3 is 15.7 Å². The standard InChI is InChI=1S/C15H28N2O3/c1-14(2,3)9-10-16-13(20)17-15(11-12(18)19)7-5-4-6-8-15/h4-11H2,1-3H3,(H,18,19)(H2,16,17,20). The molecule has 5 heteroatoms. The van der Waals surface area contributed by atoms with Gasteiger partial charge in [-0.1, -0.05) is 40.0 Å². The van der Waals surface area contributed by atoms with Gasteiger partial charge in [0.15, 0.2) is 0 Å². The number of amides is 2. The van der Waals surface area contributed by atoms with E-state index in [1.807, 2.05) is 0 Å². The van der Waals surface area contributed by atoms with Crippen molar-refractivity contribution in [2.45, 2.75) is 71.3 Å². The van der Waals surface area contributed by atoms with Gasteiger partial charge in [0.25, 0.3) is 0 Å². The molecule has 0 atom stereocenters. The van der Waals surface area contributed by atoms with Crippen molar-refractivity contribution in [2.24, 2.45) is 5.41 Å². The number of carboxylic acid groups (broad SMARTS) is 1. The molecule has 1 fully saturated rings. The second-order valence-electron chi connectivity index (χ2n) is 7.10. The molecule has 0 aliphatic heterocycles. The highest BCUT2D eigenvalue weighted by molar-refractivity contribution is 5.76. The Kier molecular flexibility index (Phi) is 5.84. The molecule has 0 radical (unpaired) electrons. The van der Waals surface area contributed by atoms with Gasteiger partial charge in [-0.3, -0.25) is 4.79 Å². The maximum Gasteiger partial charge on any atom is 0.315 e. The molecule has 0 heterocycles. The first-order chi connectivity index (χ1) is 9.22. The number of nitrogens with one attached hydrogen (secondary N) is 2. The Labute approximate surface area is 121 Å². The summed E-state index contributed by atoms with van der Waals surface area (Å²) < 4.78 is 0. The van der Waals surface area contributed by atoms with Crippen molar-refractivity contribution in [3.63, 3.8) is 0 Å². The Morgan fingerprint density at radius 3 is 2.25 bits per heavy atom. The summed E-state index contributed by atoms with van der Waals surface area (Å²) in [4.78, 5) is 23.0. The van der Waals surface area contributed by atoms with E-state index in [2.05, 4.69) is 31.4 Å². The summed E-state index contributed by atoms with van der Waals surface area (Å²) in [6.45, 7) is 6.98. The zero-order valence-corrected chi connectivity index (χ0v) is 12.9. The summed E-state index contributed by atoms with van der Waals surface area (Å²) >= 11 is 0. The topological polar surface area (TPSA) is 78.4 Å². The fourth-order valence-electron chi connectivity index (χ4n) is 2.70. The minimum atomic E-state index is -0.845. The molecule has 20 heavy (non-hydrogen) atoms. The molecule has 0 spiro atoms. The van der Waals surface area contributed by atoms with Crippen LogP contribution in [0.2, 0.25) is 0 Å². The molecule has 116 valence electrons. The van der Waals surface area contributed by atoms with E-state index in [4.69, 9.17) is 5.11 Å². The Balaban J connectivity index is 2.48. The Bertz CT molecular complexity index is 342. The first-order valence-electron chi connectivity index (χ1n) is 7.50. The van der Waals surface area contributed by atoms with Crippen LogP contribution in [-0.4, -0.2) is 29.2 Å². The molecule has 1 rings (SSSR count). The van der Waals surface area contributed by atoms with Crippen LogP contribution in [0, 0.1) is 5.41 Å². The van der Waals surface area contributed by atoms with Gasteiger partial charge in [-0.25, -0.2) is 4.79 Å². The third kappa shape index (κ3) is 6.26. The van der Waals surface area contributed by atoms with E-state index in [1.165, 1.54) is 0 Å². The maximum atomic E-state index is 12.0. The van der Waals surface area contributed by atoms with Crippen molar-refractivity contribution in [3.05, 3.63) is 0 Å². The predicted molar refractivity (Wildman–Crippen MR) is 78.7 cm³/mol. The largest absolute Gasteiger partial charge is 0.481 e. The van der Waals surface area contributed by atoms with Gasteiger partial charge in [-0.15, -0.1) is 0 Å². The van der Waals surface area contributed by atoms with Crippen LogP contribution in [0.15, 0.2) is 0 Å². The van der Waals surface area contributed by atoms with Crippen LogP contribution < -0.4 is 10.6 Å². The summed E-state index contributed by atoms with van der Waals surface area (Å²) in [5.41, 5.74) is -0.382. The van der Waals surface area contributed by atoms with E-state index < -0.39 is 11.5 Å². The summed E-state index contributed by atoms with van der Waals surface area (Å²) in [5.74, 6) is -0.845. The number of aliphatic carboxylic acids is 1. The van der Waals surface area contributed by atoms with Gasteiger partial charge in [-0.05, 0) is 24.7 Å². The van der Waals surface area contributed by atoms with E-state index in [9.17, 15) is 9.59 Å². The van der Waals surface area contributed by atoms with Crippen LogP contribution in [0.3, 0.4) is 0 Å². The molecule has 3 N–H and O–H groups in total. The van der Waals surface area contributed by atoms with E-state index >= 15 is 0 Å². The molecule has 2 amide bonds. The number of urea groups is 1. The lowest BCUT2D eigenvalue weighted by Crippen LogP contribution is -2.54. The average Bonchev–Trinajstić information content (AvgIpc) is 2.26. The molecule has 1 aliphatic rings. The molecule has 0 aromatic carbocycles. The maximum absolute atomic E-state index is 12.0. The molecular weight excluding hydrogens is 256 g/mol. The molecule has 0 aromatic heterocycles. The van der Waals surface area contributed by atoms with Gasteiger partial charge in [0.2, 0.25) is 0 Å². The Hall–Kier alpha value is -1.26. The lowest BCUT2D eigenvalue weighted by Gasteiger charge is -2.37. The van der Waals surface area contributed by atoms with Gasteiger partial charge >= 0.3 is 12.0 Å². The third-order valence-electron chi connectivity index (χ3n) is 3.84. The van der Waals surface area contributed by atoms with E-state index in [0.29, 0.717) is 6.54 Å². The van der Waals surface area contributed by atoms with Crippen molar-refractivity contribution in [1.29, 1.82) is 0 Å². The van der Waals surface area contributed by atoms with Crippen LogP contribution in [0.1, 0.15) is 65.7 Å². The first kappa shape index (κ1) is 16.8. The monoisotopic (exact) mass is 284 g/mol. The van der Waals surface area contributed by atoms with Crippen LogP contribution in [-0.2, 0) is 4.79 Å². The number of carbonyl (C=O) groups excluding carboxylic acids is 1. The van der Waals surface area contributed by atoms with Crippen molar-refractivity contribution < 1.29 is 14.7 Å². The highest BCUT2D eigenvalue weighted by atomic mass is 16.4. The smallest absolute Gasteiger partial charge is 0.315 e. The molecule has 0 aromatic rings. The second-order valence-corrected chi connectivity index (χ2v) is 7.10. The number of rotatable bonds is 5. The molecular formula is C15H28N2O3. The lowest BCUT2D eigenvalue weighted by molar-refractivity contribution is -0.139. The predicted octanol–water partition coefficient (Wildman–Crippen LogP) is 2.90. The van der Waals surface area contributed by atoms with Crippen molar-refractivity contribution in [3.8, 4) is 0 Å². The summed E-state index contributed by atoms with van der Waals surface area (Å²) in [6.07, 6.45) is 5.50. The van der Waals surface area contributed by atoms with Crippen LogP contribution in [0.4, 0.5) is 4.79 Å². The summed E-state index contributed by atoms with van der Waals surface area (Å²) in [6, 6.07) is -0.239. The highest BCUT2D eigenvalue weighted by Gasteiger charge is 2.35. The van der Waals surface area contributed by atoms with Crippen LogP contribution in [0.5, 0.6) is 0 Å². The minimum Gasteiger partial charge on any atom is -0.481 e. The number of carboxylic acids is 1. The van der Waals surface area contributed by atoms with E-state index in [0.717, 1.165) is 38.5 Å². The summed E-state index contributed by atoms with van der Waals surface area (Å²) in [5, 5.41) is 14.8. The van der Waals surface area contributed by atoms with E-state index in [-0.39, 0.29) is 17.9 Å². The Morgan fingerprint density at radius 2 is 1.75 bits per heavy atom. The van der Waals surface area contributed by atoms with Gasteiger partial charge in [0.05, 0.1) is 12.0 Å². The minimum absolute atomic E-state index is 0.0136. The zero-order chi connectivity index (χ0) is 15.2. The second kappa shape index (κ2) is 6.95. The zero-order valence-electron chi connectivity index (χ0n) is 12.9. The van der Waals surface area contributed by atoms with Gasteiger partial charge in [0.1, 0.15) is 0 Å². The molecule has 0 saturated heterocycles. The SMILES string of the molecule is CC(C)(C)CCNC(=O)NC1(CC(=O)O)CCCCC1. The lowest BCUT2D eigenvalue weighted by atomic mass is 9.79. The molecule has 0 unspecified atom stereocenters. The first-order valence-corrected chi connectivity index (χ1v) is 7.50. The summed E-state index contributed by atoms with van der Waals surface area (Å²) in [7, 11) is 0. The molecule has 5 nitrogen and oxygen atoms in total. The quantitative estimate of drug-likeness (QED) is 0.726. The van der Waals surface area contributed by atoms with Crippen molar-refractivity contribution in [1.82, 2.24) is 10.6 Å². The van der Waals surface area contributed by atoms with E-state index in [1.54, 1.807) is 0 Å². The normalized spacial score (nSPS) is 18.4. The molecule has 1 saturated carbocycles. The fourth-order valence-corrected chi connectivity index (χ4v) is 2.70.